The number of hydrogen-bond acceptors (Lipinski definition) is 7. The lowest BCUT2D eigenvalue weighted by atomic mass is 10.2. The van der Waals surface area contributed by atoms with E-state index in [-0.39, 0.29) is 22.9 Å². The van der Waals surface area contributed by atoms with Crippen molar-refractivity contribution in [2.45, 2.75) is 30.1 Å². The van der Waals surface area contributed by atoms with Gasteiger partial charge in [0.25, 0.3) is 10.0 Å². The standard InChI is InChI=1S/C23H32N4O5S2/c1-19-4-8-21(9-5-19)33(28,29)25-13-3-12-24-23(18-27-14-16-32-17-15-27)26-34(30,31)22-10-6-20(2)7-11-22/h4-11,25H,3,12-18H2,1-2H3,(H,24,26). The van der Waals surface area contributed by atoms with Crippen LogP contribution in [0.2, 0.25) is 0 Å². The Balaban J connectivity index is 1.62. The first kappa shape index (κ1) is 26.3. The van der Waals surface area contributed by atoms with Gasteiger partial charge in [0.15, 0.2) is 0 Å². The summed E-state index contributed by atoms with van der Waals surface area (Å²) in [6.45, 7) is 7.11. The Bertz CT molecular complexity index is 1170. The highest BCUT2D eigenvalue weighted by Gasteiger charge is 2.19. The van der Waals surface area contributed by atoms with Crippen molar-refractivity contribution >= 4 is 25.9 Å². The summed E-state index contributed by atoms with van der Waals surface area (Å²) >= 11 is 0. The molecule has 2 N–H and O–H groups in total. The second-order valence-corrected chi connectivity index (χ2v) is 11.6. The fraction of sp³-hybridized carbons (Fsp3) is 0.435. The summed E-state index contributed by atoms with van der Waals surface area (Å²) in [4.78, 5) is 6.90. The van der Waals surface area contributed by atoms with Crippen LogP contribution in [0.3, 0.4) is 0 Å². The van der Waals surface area contributed by atoms with Gasteiger partial charge < -0.3 is 4.74 Å². The number of nitrogens with zero attached hydrogens (tertiary/aromatic N) is 2. The average molecular weight is 509 g/mol. The Morgan fingerprint density at radius 2 is 1.41 bits per heavy atom. The molecule has 2 aromatic carbocycles. The number of nitrogens with one attached hydrogen (secondary N) is 2. The Morgan fingerprint density at radius 1 is 0.882 bits per heavy atom. The first-order valence-corrected chi connectivity index (χ1v) is 14.1. The first-order chi connectivity index (χ1) is 16.2. The van der Waals surface area contributed by atoms with Crippen LogP contribution in [0.1, 0.15) is 17.5 Å². The highest BCUT2D eigenvalue weighted by Crippen LogP contribution is 2.11. The van der Waals surface area contributed by atoms with Gasteiger partial charge >= 0.3 is 0 Å². The van der Waals surface area contributed by atoms with Crippen LogP contribution in [0, 0.1) is 13.8 Å². The average Bonchev–Trinajstić information content (AvgIpc) is 2.80. The molecular formula is C23H32N4O5S2. The highest BCUT2D eigenvalue weighted by molar-refractivity contribution is 7.90. The smallest absolute Gasteiger partial charge is 0.262 e. The van der Waals surface area contributed by atoms with E-state index in [1.54, 1.807) is 48.5 Å². The minimum absolute atomic E-state index is 0.165. The summed E-state index contributed by atoms with van der Waals surface area (Å²) in [5.74, 6) is 0.323. The molecule has 0 spiro atoms. The quantitative estimate of drug-likeness (QED) is 0.287. The van der Waals surface area contributed by atoms with Crippen molar-refractivity contribution in [3.05, 3.63) is 59.7 Å². The lowest BCUT2D eigenvalue weighted by molar-refractivity contribution is 0.0451. The fourth-order valence-electron chi connectivity index (χ4n) is 3.32. The van der Waals surface area contributed by atoms with E-state index in [1.807, 2.05) is 13.8 Å². The van der Waals surface area contributed by atoms with Gasteiger partial charge in [0.05, 0.1) is 29.5 Å². The molecule has 2 aromatic rings. The normalized spacial score (nSPS) is 15.9. The summed E-state index contributed by atoms with van der Waals surface area (Å²) in [6, 6.07) is 13.2. The second kappa shape index (κ2) is 11.9. The topological polar surface area (TPSA) is 117 Å². The number of benzene rings is 2. The Hall–Kier alpha value is -2.31. The van der Waals surface area contributed by atoms with Crippen LogP contribution in [0.15, 0.2) is 63.3 Å². The van der Waals surface area contributed by atoms with Gasteiger partial charge in [-0.2, -0.15) is 0 Å². The lowest BCUT2D eigenvalue weighted by Crippen LogP contribution is -2.44. The molecule has 1 heterocycles. The van der Waals surface area contributed by atoms with E-state index < -0.39 is 20.0 Å². The van der Waals surface area contributed by atoms with Crippen molar-refractivity contribution < 1.29 is 21.6 Å². The number of amidine groups is 1. The van der Waals surface area contributed by atoms with E-state index in [0.717, 1.165) is 11.1 Å². The molecule has 0 aromatic heterocycles. The predicted octanol–water partition coefficient (Wildman–Crippen LogP) is 1.68. The molecule has 0 radical (unpaired) electrons. The number of ether oxygens (including phenoxy) is 1. The fourth-order valence-corrected chi connectivity index (χ4v) is 5.44. The second-order valence-electron chi connectivity index (χ2n) is 8.20. The zero-order valence-corrected chi connectivity index (χ0v) is 21.2. The van der Waals surface area contributed by atoms with Gasteiger partial charge in [0.1, 0.15) is 5.84 Å². The maximum absolute atomic E-state index is 12.9. The molecule has 3 rings (SSSR count). The molecule has 1 fully saturated rings. The van der Waals surface area contributed by atoms with E-state index in [4.69, 9.17) is 4.74 Å². The van der Waals surface area contributed by atoms with Crippen LogP contribution < -0.4 is 9.44 Å². The van der Waals surface area contributed by atoms with Crippen molar-refractivity contribution in [1.29, 1.82) is 0 Å². The molecule has 0 atom stereocenters. The van der Waals surface area contributed by atoms with Crippen molar-refractivity contribution in [2.24, 2.45) is 4.99 Å². The maximum atomic E-state index is 12.9. The van der Waals surface area contributed by atoms with Crippen LogP contribution in [0.4, 0.5) is 0 Å². The van der Waals surface area contributed by atoms with Crippen LogP contribution in [0.5, 0.6) is 0 Å². The lowest BCUT2D eigenvalue weighted by Gasteiger charge is -2.27. The molecule has 1 aliphatic heterocycles. The molecule has 0 aliphatic carbocycles. The highest BCUT2D eigenvalue weighted by atomic mass is 32.2. The van der Waals surface area contributed by atoms with E-state index in [9.17, 15) is 16.8 Å². The zero-order valence-electron chi connectivity index (χ0n) is 19.5. The Morgan fingerprint density at radius 3 is 1.97 bits per heavy atom. The number of morpholine rings is 1. The number of rotatable bonds is 10. The van der Waals surface area contributed by atoms with Crippen molar-refractivity contribution in [3.8, 4) is 0 Å². The minimum Gasteiger partial charge on any atom is -0.379 e. The van der Waals surface area contributed by atoms with Crippen molar-refractivity contribution in [3.63, 3.8) is 0 Å². The molecular weight excluding hydrogens is 476 g/mol. The predicted molar refractivity (Wildman–Crippen MR) is 132 cm³/mol. The van der Waals surface area contributed by atoms with E-state index in [1.165, 1.54) is 0 Å². The molecule has 1 saturated heterocycles. The van der Waals surface area contributed by atoms with Gasteiger partial charge in [-0.05, 0) is 44.5 Å². The molecule has 0 bridgehead atoms. The van der Waals surface area contributed by atoms with Gasteiger partial charge in [-0.25, -0.2) is 21.6 Å². The van der Waals surface area contributed by atoms with Gasteiger partial charge in [-0.3, -0.25) is 14.6 Å². The molecule has 34 heavy (non-hydrogen) atoms. The molecule has 1 aliphatic rings. The summed E-state index contributed by atoms with van der Waals surface area (Å²) < 4.78 is 61.1. The third kappa shape index (κ3) is 7.88. The molecule has 0 unspecified atom stereocenters. The third-order valence-electron chi connectivity index (χ3n) is 5.32. The molecule has 9 nitrogen and oxygen atoms in total. The molecule has 0 amide bonds. The number of hydrogen-bond donors (Lipinski definition) is 2. The summed E-state index contributed by atoms with van der Waals surface area (Å²) in [5.41, 5.74) is 1.95. The first-order valence-electron chi connectivity index (χ1n) is 11.1. The van der Waals surface area contributed by atoms with Gasteiger partial charge in [-0.15, -0.1) is 0 Å². The van der Waals surface area contributed by atoms with Gasteiger partial charge in [-0.1, -0.05) is 35.4 Å². The van der Waals surface area contributed by atoms with Crippen LogP contribution in [0.25, 0.3) is 0 Å². The Kier molecular flexibility index (Phi) is 9.20. The largest absolute Gasteiger partial charge is 0.379 e. The molecule has 186 valence electrons. The summed E-state index contributed by atoms with van der Waals surface area (Å²) in [7, 11) is -7.38. The monoisotopic (exact) mass is 508 g/mol. The van der Waals surface area contributed by atoms with E-state index >= 15 is 0 Å². The number of sulfonamides is 2. The van der Waals surface area contributed by atoms with Crippen molar-refractivity contribution in [2.75, 3.05) is 45.9 Å². The molecule has 11 heteroatoms. The van der Waals surface area contributed by atoms with Crippen LogP contribution >= 0.6 is 0 Å². The SMILES string of the molecule is Cc1ccc(S(=O)(=O)NCCCN=C(CN2CCOCC2)NS(=O)(=O)c2ccc(C)cc2)cc1. The summed E-state index contributed by atoms with van der Waals surface area (Å²) in [6.07, 6.45) is 0.421. The molecule has 0 saturated carbocycles. The Labute approximate surface area is 202 Å². The minimum atomic E-state index is -3.78. The van der Waals surface area contributed by atoms with E-state index in [0.29, 0.717) is 45.1 Å². The number of aryl methyl sites for hydroxylation is 2. The van der Waals surface area contributed by atoms with E-state index in [2.05, 4.69) is 19.3 Å². The van der Waals surface area contributed by atoms with Crippen LogP contribution in [-0.2, 0) is 24.8 Å². The van der Waals surface area contributed by atoms with Gasteiger partial charge in [0.2, 0.25) is 10.0 Å². The zero-order chi connectivity index (χ0) is 24.6. The number of aliphatic imine (C=N–C) groups is 1. The van der Waals surface area contributed by atoms with Crippen LogP contribution in [-0.4, -0.2) is 73.5 Å². The van der Waals surface area contributed by atoms with Gasteiger partial charge in [0, 0.05) is 26.2 Å². The maximum Gasteiger partial charge on any atom is 0.262 e. The third-order valence-corrected chi connectivity index (χ3v) is 8.20. The summed E-state index contributed by atoms with van der Waals surface area (Å²) in [5, 5.41) is 0. The van der Waals surface area contributed by atoms with Crippen molar-refractivity contribution in [1.82, 2.24) is 14.3 Å².